The van der Waals surface area contributed by atoms with E-state index in [4.69, 9.17) is 0 Å². The summed E-state index contributed by atoms with van der Waals surface area (Å²) < 4.78 is 0. The minimum Gasteiger partial charge on any atom is -0.344 e. The van der Waals surface area contributed by atoms with Crippen LogP contribution in [-0.2, 0) is 19.5 Å². The molecule has 0 aliphatic carbocycles. The van der Waals surface area contributed by atoms with Gasteiger partial charge in [0.05, 0.1) is 0 Å². The molecule has 0 bridgehead atoms. The molecule has 0 rings (SSSR count). The van der Waals surface area contributed by atoms with E-state index in [-0.39, 0.29) is 19.5 Å². The zero-order valence-corrected chi connectivity index (χ0v) is 11.4. The molecular formula is C9H21NZn. The van der Waals surface area contributed by atoms with Crippen LogP contribution in [0.3, 0.4) is 0 Å². The largest absolute Gasteiger partial charge is 2.00 e. The zero-order chi connectivity index (χ0) is 8.41. The van der Waals surface area contributed by atoms with Crippen molar-refractivity contribution in [2.45, 2.75) is 26.7 Å². The molecule has 0 radical (unpaired) electrons. The Kier molecular flexibility index (Phi) is 27.1. The van der Waals surface area contributed by atoms with Crippen molar-refractivity contribution < 1.29 is 19.5 Å². The van der Waals surface area contributed by atoms with Crippen molar-refractivity contribution in [3.8, 4) is 0 Å². The molecule has 0 saturated heterocycles. The van der Waals surface area contributed by atoms with E-state index in [1.807, 2.05) is 6.92 Å². The minimum atomic E-state index is 0. The monoisotopic (exact) mass is 207 g/mol. The third-order valence-electron chi connectivity index (χ3n) is 1.08. The molecule has 0 aliphatic rings. The van der Waals surface area contributed by atoms with E-state index in [2.05, 4.69) is 32.7 Å². The Hall–Kier alpha value is 0.583. The summed E-state index contributed by atoms with van der Waals surface area (Å²) in [6, 6.07) is 0. The van der Waals surface area contributed by atoms with Crippen LogP contribution in [0.25, 0.3) is 0 Å². The quantitative estimate of drug-likeness (QED) is 0.509. The fraction of sp³-hybridized carbons (Fsp3) is 0.778. The van der Waals surface area contributed by atoms with Gasteiger partial charge in [-0.05, 0) is 20.1 Å². The molecule has 64 valence electrons. The predicted octanol–water partition coefficient (Wildman–Crippen LogP) is 2.39. The molecule has 0 aliphatic heterocycles. The third kappa shape index (κ3) is 25.0. The second kappa shape index (κ2) is 16.9. The van der Waals surface area contributed by atoms with Crippen molar-refractivity contribution in [1.82, 2.24) is 4.90 Å². The van der Waals surface area contributed by atoms with Gasteiger partial charge in [-0.1, -0.05) is 13.8 Å². The third-order valence-corrected chi connectivity index (χ3v) is 1.08. The van der Waals surface area contributed by atoms with Crippen molar-refractivity contribution in [3.05, 3.63) is 13.8 Å². The van der Waals surface area contributed by atoms with Gasteiger partial charge in [0.25, 0.3) is 0 Å². The molecule has 0 spiro atoms. The average Bonchev–Trinajstić information content (AvgIpc) is 1.90. The molecule has 0 atom stereocenters. The molecule has 0 N–H and O–H groups in total. The van der Waals surface area contributed by atoms with Gasteiger partial charge in [0.15, 0.2) is 0 Å². The molecule has 0 saturated carbocycles. The second-order valence-electron chi connectivity index (χ2n) is 2.25. The van der Waals surface area contributed by atoms with Crippen LogP contribution in [0.5, 0.6) is 0 Å². The van der Waals surface area contributed by atoms with Crippen LogP contribution in [0.1, 0.15) is 26.7 Å². The summed E-state index contributed by atoms with van der Waals surface area (Å²) in [5.41, 5.74) is 0. The van der Waals surface area contributed by atoms with E-state index in [9.17, 15) is 0 Å². The molecule has 1 nitrogen and oxygen atoms in total. The topological polar surface area (TPSA) is 3.24 Å². The van der Waals surface area contributed by atoms with Gasteiger partial charge in [0, 0.05) is 0 Å². The van der Waals surface area contributed by atoms with Crippen molar-refractivity contribution in [2.75, 3.05) is 20.1 Å². The van der Waals surface area contributed by atoms with Gasteiger partial charge in [0.2, 0.25) is 0 Å². The van der Waals surface area contributed by atoms with E-state index in [0.717, 1.165) is 25.9 Å². The molecule has 2 heteroatoms. The van der Waals surface area contributed by atoms with Crippen LogP contribution in [0.4, 0.5) is 0 Å². The fourth-order valence-corrected chi connectivity index (χ4v) is 0.428. The van der Waals surface area contributed by atoms with Gasteiger partial charge in [-0.25, -0.2) is 0 Å². The predicted molar refractivity (Wildman–Crippen MR) is 48.8 cm³/mol. The van der Waals surface area contributed by atoms with Gasteiger partial charge in [0.1, 0.15) is 0 Å². The first-order chi connectivity index (χ1) is 4.72. The van der Waals surface area contributed by atoms with Crippen LogP contribution < -0.4 is 0 Å². The van der Waals surface area contributed by atoms with Gasteiger partial charge >= 0.3 is 19.5 Å². The number of rotatable bonds is 3. The van der Waals surface area contributed by atoms with Gasteiger partial charge < -0.3 is 18.7 Å². The SMILES string of the molecule is [CH2-]CC.[CH2-]CCN(C)CC.[Zn+2]. The summed E-state index contributed by atoms with van der Waals surface area (Å²) in [5, 5.41) is 0. The van der Waals surface area contributed by atoms with Crippen LogP contribution in [0.15, 0.2) is 0 Å². The first-order valence-electron chi connectivity index (χ1n) is 3.99. The average molecular weight is 209 g/mol. The number of hydrogen-bond acceptors (Lipinski definition) is 1. The number of nitrogens with zero attached hydrogens (tertiary/aromatic N) is 1. The summed E-state index contributed by atoms with van der Waals surface area (Å²) in [5.74, 6) is 0. The van der Waals surface area contributed by atoms with Crippen molar-refractivity contribution in [1.29, 1.82) is 0 Å². The molecule has 0 unspecified atom stereocenters. The zero-order valence-electron chi connectivity index (χ0n) is 8.40. The van der Waals surface area contributed by atoms with E-state index < -0.39 is 0 Å². The smallest absolute Gasteiger partial charge is 0.344 e. The minimum absolute atomic E-state index is 0. The van der Waals surface area contributed by atoms with E-state index in [1.54, 1.807) is 0 Å². The maximum absolute atomic E-state index is 3.73. The normalized spacial score (nSPS) is 8.18. The Bertz CT molecular complexity index is 48.8. The molecule has 0 aromatic carbocycles. The molecule has 0 aromatic rings. The van der Waals surface area contributed by atoms with Crippen LogP contribution in [0.2, 0.25) is 0 Å². The van der Waals surface area contributed by atoms with Crippen molar-refractivity contribution in [3.63, 3.8) is 0 Å². The molecule has 11 heavy (non-hydrogen) atoms. The van der Waals surface area contributed by atoms with Crippen LogP contribution in [0, 0.1) is 13.8 Å². The Morgan fingerprint density at radius 3 is 1.64 bits per heavy atom. The van der Waals surface area contributed by atoms with Gasteiger partial charge in [-0.15, -0.1) is 0 Å². The Morgan fingerprint density at radius 1 is 1.18 bits per heavy atom. The molecule has 0 fully saturated rings. The molecule has 0 amide bonds. The van der Waals surface area contributed by atoms with Gasteiger partial charge in [-0.2, -0.15) is 12.8 Å². The van der Waals surface area contributed by atoms with Crippen molar-refractivity contribution in [2.24, 2.45) is 0 Å². The van der Waals surface area contributed by atoms with E-state index >= 15 is 0 Å². The Morgan fingerprint density at radius 2 is 1.55 bits per heavy atom. The second-order valence-corrected chi connectivity index (χ2v) is 2.25. The summed E-state index contributed by atoms with van der Waals surface area (Å²) in [7, 11) is 2.10. The van der Waals surface area contributed by atoms with Gasteiger partial charge in [-0.3, -0.25) is 0 Å². The summed E-state index contributed by atoms with van der Waals surface area (Å²) in [6.07, 6.45) is 2.02. The first kappa shape index (κ1) is 17.6. The van der Waals surface area contributed by atoms with E-state index in [0.29, 0.717) is 0 Å². The molecular weight excluding hydrogens is 187 g/mol. The number of hydrogen-bond donors (Lipinski definition) is 0. The molecule has 0 heterocycles. The van der Waals surface area contributed by atoms with Crippen LogP contribution in [-0.4, -0.2) is 25.0 Å². The fourth-order valence-electron chi connectivity index (χ4n) is 0.428. The van der Waals surface area contributed by atoms with Crippen molar-refractivity contribution >= 4 is 0 Å². The van der Waals surface area contributed by atoms with Crippen LogP contribution >= 0.6 is 0 Å². The summed E-state index contributed by atoms with van der Waals surface area (Å²) in [4.78, 5) is 2.24. The maximum Gasteiger partial charge on any atom is 2.00 e. The maximum atomic E-state index is 3.73. The van der Waals surface area contributed by atoms with E-state index in [1.165, 1.54) is 0 Å². The standard InChI is InChI=1S/C6H14N.C3H7.Zn/c1-4-6-7(3)5-2;1-3-2;/h1,4-6H2,2-3H3;1,3H2,2H3;/q2*-1;+2. The first-order valence-corrected chi connectivity index (χ1v) is 3.99. The summed E-state index contributed by atoms with van der Waals surface area (Å²) >= 11 is 0. The molecule has 0 aromatic heterocycles. The Balaban J connectivity index is -0.000000140. The summed E-state index contributed by atoms with van der Waals surface area (Å²) in [6.45, 7) is 13.6. The Labute approximate surface area is 85.3 Å².